The first-order valence-electron chi connectivity index (χ1n) is 5.95. The third kappa shape index (κ3) is 1.70. The zero-order valence-corrected chi connectivity index (χ0v) is 10.3. The first kappa shape index (κ1) is 10.4. The predicted molar refractivity (Wildman–Crippen MR) is 65.3 cm³/mol. The SMILES string of the molecule is Cn1nc(N2CCNCC2)c(Cl)c1C1CC1. The van der Waals surface area contributed by atoms with Gasteiger partial charge in [0.05, 0.1) is 5.69 Å². The molecule has 0 radical (unpaired) electrons. The molecule has 0 atom stereocenters. The van der Waals surface area contributed by atoms with Gasteiger partial charge in [0, 0.05) is 39.1 Å². The molecule has 0 unspecified atom stereocenters. The Labute approximate surface area is 101 Å². The fourth-order valence-electron chi connectivity index (χ4n) is 2.38. The van der Waals surface area contributed by atoms with Crippen LogP contribution in [0.1, 0.15) is 24.5 Å². The number of rotatable bonds is 2. The van der Waals surface area contributed by atoms with E-state index in [2.05, 4.69) is 15.3 Å². The van der Waals surface area contributed by atoms with Gasteiger partial charge in [-0.2, -0.15) is 5.10 Å². The Kier molecular flexibility index (Phi) is 2.56. The minimum absolute atomic E-state index is 0.654. The maximum atomic E-state index is 6.45. The van der Waals surface area contributed by atoms with Crippen LogP contribution in [0.2, 0.25) is 5.02 Å². The highest BCUT2D eigenvalue weighted by atomic mass is 35.5. The number of piperazine rings is 1. The topological polar surface area (TPSA) is 33.1 Å². The first-order chi connectivity index (χ1) is 7.77. The van der Waals surface area contributed by atoms with Crippen molar-refractivity contribution in [2.45, 2.75) is 18.8 Å². The summed E-state index contributed by atoms with van der Waals surface area (Å²) in [5.41, 5.74) is 1.23. The molecule has 3 rings (SSSR count). The molecule has 0 aromatic carbocycles. The molecule has 0 bridgehead atoms. The number of hydrogen-bond donors (Lipinski definition) is 1. The molecule has 5 heteroatoms. The van der Waals surface area contributed by atoms with Crippen LogP contribution in [0.25, 0.3) is 0 Å². The van der Waals surface area contributed by atoms with Crippen LogP contribution >= 0.6 is 11.6 Å². The molecule has 2 fully saturated rings. The largest absolute Gasteiger partial charge is 0.351 e. The summed E-state index contributed by atoms with van der Waals surface area (Å²) in [5.74, 6) is 1.63. The Morgan fingerprint density at radius 2 is 2.00 bits per heavy atom. The summed E-state index contributed by atoms with van der Waals surface area (Å²) in [6.45, 7) is 4.04. The summed E-state index contributed by atoms with van der Waals surface area (Å²) in [5, 5.41) is 8.80. The van der Waals surface area contributed by atoms with Crippen LogP contribution in [-0.2, 0) is 7.05 Å². The smallest absolute Gasteiger partial charge is 0.169 e. The minimum Gasteiger partial charge on any atom is -0.351 e. The number of aromatic nitrogens is 2. The van der Waals surface area contributed by atoms with Gasteiger partial charge in [0.25, 0.3) is 0 Å². The fraction of sp³-hybridized carbons (Fsp3) is 0.727. The number of aryl methyl sites for hydroxylation is 1. The van der Waals surface area contributed by atoms with Gasteiger partial charge in [0.15, 0.2) is 5.82 Å². The van der Waals surface area contributed by atoms with Crippen molar-refractivity contribution in [2.75, 3.05) is 31.1 Å². The number of anilines is 1. The third-order valence-corrected chi connectivity index (χ3v) is 3.76. The Hall–Kier alpha value is -0.740. The summed E-state index contributed by atoms with van der Waals surface area (Å²) in [7, 11) is 2.01. The van der Waals surface area contributed by atoms with E-state index in [0.717, 1.165) is 37.0 Å². The lowest BCUT2D eigenvalue weighted by molar-refractivity contribution is 0.580. The standard InChI is InChI=1S/C11H17ClN4/c1-15-10(8-2-3-8)9(12)11(14-15)16-6-4-13-5-7-16/h8,13H,2-7H2,1H3. The summed E-state index contributed by atoms with van der Waals surface area (Å²) >= 11 is 6.45. The van der Waals surface area contributed by atoms with Crippen molar-refractivity contribution < 1.29 is 0 Å². The van der Waals surface area contributed by atoms with Crippen LogP contribution in [-0.4, -0.2) is 36.0 Å². The Balaban J connectivity index is 1.91. The molecule has 0 amide bonds. The molecule has 1 N–H and O–H groups in total. The average molecular weight is 241 g/mol. The zero-order valence-electron chi connectivity index (χ0n) is 9.54. The van der Waals surface area contributed by atoms with Gasteiger partial charge >= 0.3 is 0 Å². The maximum Gasteiger partial charge on any atom is 0.169 e. The fourth-order valence-corrected chi connectivity index (χ4v) is 2.81. The van der Waals surface area contributed by atoms with E-state index in [9.17, 15) is 0 Å². The molecule has 1 aromatic heterocycles. The van der Waals surface area contributed by atoms with E-state index < -0.39 is 0 Å². The highest BCUT2D eigenvalue weighted by Crippen LogP contribution is 2.45. The molecule has 1 aromatic rings. The second-order valence-electron chi connectivity index (χ2n) is 4.66. The van der Waals surface area contributed by atoms with E-state index >= 15 is 0 Å². The summed E-state index contributed by atoms with van der Waals surface area (Å²) in [6, 6.07) is 0. The van der Waals surface area contributed by atoms with Crippen molar-refractivity contribution in [3.05, 3.63) is 10.7 Å². The van der Waals surface area contributed by atoms with Gasteiger partial charge in [-0.25, -0.2) is 0 Å². The van der Waals surface area contributed by atoms with Crippen molar-refractivity contribution >= 4 is 17.4 Å². The van der Waals surface area contributed by atoms with Gasteiger partial charge in [0.1, 0.15) is 5.02 Å². The lowest BCUT2D eigenvalue weighted by atomic mass is 10.2. The number of nitrogens with zero attached hydrogens (tertiary/aromatic N) is 3. The van der Waals surface area contributed by atoms with E-state index in [1.165, 1.54) is 18.5 Å². The van der Waals surface area contributed by atoms with Crippen LogP contribution in [0, 0.1) is 0 Å². The lowest BCUT2D eigenvalue weighted by Crippen LogP contribution is -2.43. The molecule has 16 heavy (non-hydrogen) atoms. The second-order valence-corrected chi connectivity index (χ2v) is 5.04. The zero-order chi connectivity index (χ0) is 11.1. The van der Waals surface area contributed by atoms with Gasteiger partial charge in [-0.05, 0) is 12.8 Å². The van der Waals surface area contributed by atoms with Crippen molar-refractivity contribution in [1.82, 2.24) is 15.1 Å². The van der Waals surface area contributed by atoms with Crippen LogP contribution in [0.4, 0.5) is 5.82 Å². The normalized spacial score (nSPS) is 21.5. The van der Waals surface area contributed by atoms with E-state index in [0.29, 0.717) is 5.92 Å². The molecule has 4 nitrogen and oxygen atoms in total. The highest BCUT2D eigenvalue weighted by Gasteiger charge is 2.32. The molecular weight excluding hydrogens is 224 g/mol. The van der Waals surface area contributed by atoms with Crippen LogP contribution in [0.15, 0.2) is 0 Å². The highest BCUT2D eigenvalue weighted by molar-refractivity contribution is 6.33. The Morgan fingerprint density at radius 1 is 1.31 bits per heavy atom. The molecule has 1 saturated carbocycles. The summed E-state index contributed by atoms with van der Waals surface area (Å²) < 4.78 is 1.97. The van der Waals surface area contributed by atoms with Gasteiger partial charge in [-0.15, -0.1) is 0 Å². The number of halogens is 1. The Bertz CT molecular complexity index is 391. The van der Waals surface area contributed by atoms with Gasteiger partial charge in [-0.1, -0.05) is 11.6 Å². The van der Waals surface area contributed by atoms with Crippen molar-refractivity contribution in [3.63, 3.8) is 0 Å². The lowest BCUT2D eigenvalue weighted by Gasteiger charge is -2.27. The Morgan fingerprint density at radius 3 is 2.62 bits per heavy atom. The van der Waals surface area contributed by atoms with Crippen molar-refractivity contribution in [2.24, 2.45) is 7.05 Å². The molecule has 88 valence electrons. The van der Waals surface area contributed by atoms with E-state index in [1.807, 2.05) is 11.7 Å². The average Bonchev–Trinajstić information content (AvgIpc) is 3.07. The first-order valence-corrected chi connectivity index (χ1v) is 6.33. The van der Waals surface area contributed by atoms with Gasteiger partial charge in [0.2, 0.25) is 0 Å². The molecular formula is C11H17ClN4. The van der Waals surface area contributed by atoms with Gasteiger partial charge < -0.3 is 10.2 Å². The second kappa shape index (κ2) is 3.93. The molecule has 1 saturated heterocycles. The van der Waals surface area contributed by atoms with E-state index in [4.69, 9.17) is 11.6 Å². The van der Waals surface area contributed by atoms with Crippen LogP contribution < -0.4 is 10.2 Å². The molecule has 1 aliphatic carbocycles. The van der Waals surface area contributed by atoms with Crippen LogP contribution in [0.5, 0.6) is 0 Å². The molecule has 2 aliphatic rings. The van der Waals surface area contributed by atoms with Gasteiger partial charge in [-0.3, -0.25) is 4.68 Å². The van der Waals surface area contributed by atoms with Crippen LogP contribution in [0.3, 0.4) is 0 Å². The number of hydrogen-bond acceptors (Lipinski definition) is 3. The van der Waals surface area contributed by atoms with E-state index in [-0.39, 0.29) is 0 Å². The third-order valence-electron chi connectivity index (χ3n) is 3.40. The predicted octanol–water partition coefficient (Wildman–Crippen LogP) is 1.36. The quantitative estimate of drug-likeness (QED) is 0.848. The molecule has 0 spiro atoms. The summed E-state index contributed by atoms with van der Waals surface area (Å²) in [6.07, 6.45) is 2.53. The van der Waals surface area contributed by atoms with Crippen molar-refractivity contribution in [3.8, 4) is 0 Å². The minimum atomic E-state index is 0.654. The van der Waals surface area contributed by atoms with Crippen molar-refractivity contribution in [1.29, 1.82) is 0 Å². The molecule has 2 heterocycles. The summed E-state index contributed by atoms with van der Waals surface area (Å²) in [4.78, 5) is 2.28. The number of nitrogens with one attached hydrogen (secondary N) is 1. The molecule has 1 aliphatic heterocycles. The van der Waals surface area contributed by atoms with E-state index in [1.54, 1.807) is 0 Å². The maximum absolute atomic E-state index is 6.45. The monoisotopic (exact) mass is 240 g/mol.